The quantitative estimate of drug-likeness (QED) is 0.195. The predicted octanol–water partition coefficient (Wildman–Crippen LogP) is 11.5. The van der Waals surface area contributed by atoms with Gasteiger partial charge in [-0.2, -0.15) is 0 Å². The highest BCUT2D eigenvalue weighted by molar-refractivity contribution is 6.13. The van der Waals surface area contributed by atoms with E-state index < -0.39 is 0 Å². The van der Waals surface area contributed by atoms with E-state index >= 15 is 0 Å². The van der Waals surface area contributed by atoms with Gasteiger partial charge < -0.3 is 4.57 Å². The largest absolute Gasteiger partial charge is 0.308 e. The van der Waals surface area contributed by atoms with Crippen molar-refractivity contribution in [2.75, 3.05) is 0 Å². The van der Waals surface area contributed by atoms with Crippen molar-refractivity contribution >= 4 is 21.8 Å². The standard InChI is InChI=1S/C46H35N3/c1-45(2)35-22-12-8-18-29(35)31-26-27-32-30-19-10-14-24-37(30)49(42(32)40(31)45)38-25-15-11-21-34(38)44-47-41(28-16-6-5-7-17-28)39-33-20-9-13-23-36(33)46(3,4)43(39)48-44/h5-27H,1-4H3. The van der Waals surface area contributed by atoms with E-state index in [0.29, 0.717) is 0 Å². The van der Waals surface area contributed by atoms with Gasteiger partial charge in [-0.05, 0) is 51.6 Å². The summed E-state index contributed by atoms with van der Waals surface area (Å²) >= 11 is 0. The molecule has 0 atom stereocenters. The van der Waals surface area contributed by atoms with E-state index in [1.54, 1.807) is 0 Å². The Morgan fingerprint density at radius 3 is 1.92 bits per heavy atom. The molecule has 0 saturated heterocycles. The average molecular weight is 630 g/mol. The van der Waals surface area contributed by atoms with Crippen LogP contribution in [-0.2, 0) is 10.8 Å². The molecule has 0 amide bonds. The Bertz CT molecular complexity index is 2660. The summed E-state index contributed by atoms with van der Waals surface area (Å²) in [6, 6.07) is 50.4. The number of benzene rings is 6. The first-order valence-corrected chi connectivity index (χ1v) is 17.2. The van der Waals surface area contributed by atoms with Crippen molar-refractivity contribution in [3.05, 3.63) is 162 Å². The molecular weight excluding hydrogens is 595 g/mol. The highest BCUT2D eigenvalue weighted by Crippen LogP contribution is 2.54. The molecule has 2 aliphatic rings. The lowest BCUT2D eigenvalue weighted by Gasteiger charge is -2.24. The number of aromatic nitrogens is 3. The Morgan fingerprint density at radius 2 is 1.12 bits per heavy atom. The number of nitrogens with zero attached hydrogens (tertiary/aromatic N) is 3. The number of fused-ring (bicyclic) bond motifs is 10. The predicted molar refractivity (Wildman–Crippen MR) is 202 cm³/mol. The van der Waals surface area contributed by atoms with Crippen molar-refractivity contribution in [2.45, 2.75) is 38.5 Å². The maximum atomic E-state index is 5.52. The van der Waals surface area contributed by atoms with E-state index in [-0.39, 0.29) is 10.8 Å². The zero-order valence-electron chi connectivity index (χ0n) is 28.1. The molecule has 2 heterocycles. The van der Waals surface area contributed by atoms with Gasteiger partial charge in [0, 0.05) is 38.3 Å². The van der Waals surface area contributed by atoms with Crippen molar-refractivity contribution in [2.24, 2.45) is 0 Å². The van der Waals surface area contributed by atoms with Crippen LogP contribution in [0.1, 0.15) is 50.1 Å². The van der Waals surface area contributed by atoms with Crippen LogP contribution in [0.4, 0.5) is 0 Å². The van der Waals surface area contributed by atoms with E-state index in [0.717, 1.165) is 39.6 Å². The molecule has 0 saturated carbocycles. The first-order valence-electron chi connectivity index (χ1n) is 17.2. The molecule has 0 aliphatic heterocycles. The second kappa shape index (κ2) is 9.87. The molecule has 3 heteroatoms. The first-order chi connectivity index (χ1) is 23.9. The van der Waals surface area contributed by atoms with Crippen LogP contribution in [0.2, 0.25) is 0 Å². The van der Waals surface area contributed by atoms with Gasteiger partial charge in [0.1, 0.15) is 0 Å². The second-order valence-corrected chi connectivity index (χ2v) is 14.6. The van der Waals surface area contributed by atoms with Gasteiger partial charge in [0.15, 0.2) is 5.82 Å². The Kier molecular flexibility index (Phi) is 5.69. The molecule has 234 valence electrons. The third-order valence-electron chi connectivity index (χ3n) is 11.2. The number of rotatable bonds is 3. The summed E-state index contributed by atoms with van der Waals surface area (Å²) in [5.74, 6) is 0.745. The third kappa shape index (κ3) is 3.73. The normalized spacial score (nSPS) is 14.9. The highest BCUT2D eigenvalue weighted by Gasteiger charge is 2.41. The summed E-state index contributed by atoms with van der Waals surface area (Å²) in [7, 11) is 0. The van der Waals surface area contributed by atoms with E-state index in [2.05, 4.69) is 172 Å². The molecule has 0 radical (unpaired) electrons. The SMILES string of the molecule is CC1(C)c2ccccc2-c2c(-c3ccccc3)nc(-c3ccccc3-n3c4ccccc4c4ccc5c(c43)C(C)(C)c3ccccc3-5)nc21. The van der Waals surface area contributed by atoms with Gasteiger partial charge in [0.2, 0.25) is 0 Å². The van der Waals surface area contributed by atoms with Crippen molar-refractivity contribution < 1.29 is 0 Å². The highest BCUT2D eigenvalue weighted by atomic mass is 15.0. The zero-order valence-corrected chi connectivity index (χ0v) is 28.1. The second-order valence-electron chi connectivity index (χ2n) is 14.6. The van der Waals surface area contributed by atoms with Crippen LogP contribution in [0.3, 0.4) is 0 Å². The zero-order chi connectivity index (χ0) is 33.1. The Hall–Kier alpha value is -5.80. The minimum absolute atomic E-state index is 0.174. The lowest BCUT2D eigenvalue weighted by molar-refractivity contribution is 0.636. The number of hydrogen-bond donors (Lipinski definition) is 0. The lowest BCUT2D eigenvalue weighted by Crippen LogP contribution is -2.18. The molecule has 6 aromatic carbocycles. The molecule has 0 fully saturated rings. The van der Waals surface area contributed by atoms with Crippen molar-refractivity contribution in [3.8, 4) is 50.6 Å². The van der Waals surface area contributed by atoms with Crippen LogP contribution in [-0.4, -0.2) is 14.5 Å². The molecule has 10 rings (SSSR count). The van der Waals surface area contributed by atoms with Crippen molar-refractivity contribution in [1.82, 2.24) is 14.5 Å². The van der Waals surface area contributed by atoms with Gasteiger partial charge in [0.25, 0.3) is 0 Å². The fourth-order valence-electron chi connectivity index (χ4n) is 8.89. The maximum Gasteiger partial charge on any atom is 0.162 e. The summed E-state index contributed by atoms with van der Waals surface area (Å²) in [5, 5.41) is 2.51. The van der Waals surface area contributed by atoms with Gasteiger partial charge in [-0.25, -0.2) is 9.97 Å². The molecular formula is C46H35N3. The monoisotopic (exact) mass is 629 g/mol. The fourth-order valence-corrected chi connectivity index (χ4v) is 8.89. The summed E-state index contributed by atoms with van der Waals surface area (Å²) < 4.78 is 2.49. The van der Waals surface area contributed by atoms with Gasteiger partial charge in [-0.15, -0.1) is 0 Å². The summed E-state index contributed by atoms with van der Waals surface area (Å²) in [5.41, 5.74) is 16.3. The average Bonchev–Trinajstić information content (AvgIpc) is 3.69. The van der Waals surface area contributed by atoms with Crippen LogP contribution in [0.25, 0.3) is 72.4 Å². The van der Waals surface area contributed by atoms with Crippen molar-refractivity contribution in [3.63, 3.8) is 0 Å². The molecule has 0 spiro atoms. The van der Waals surface area contributed by atoms with E-state index in [1.165, 1.54) is 55.2 Å². The summed E-state index contributed by atoms with van der Waals surface area (Å²) in [4.78, 5) is 11.0. The Morgan fingerprint density at radius 1 is 0.490 bits per heavy atom. The van der Waals surface area contributed by atoms with Crippen molar-refractivity contribution in [1.29, 1.82) is 0 Å². The van der Waals surface area contributed by atoms with Crippen LogP contribution in [0, 0.1) is 0 Å². The molecule has 0 bridgehead atoms. The first kappa shape index (κ1) is 28.2. The van der Waals surface area contributed by atoms with Gasteiger partial charge in [-0.3, -0.25) is 0 Å². The van der Waals surface area contributed by atoms with Gasteiger partial charge in [0.05, 0.1) is 28.1 Å². The van der Waals surface area contributed by atoms with Gasteiger partial charge >= 0.3 is 0 Å². The van der Waals surface area contributed by atoms with Crippen LogP contribution in [0.5, 0.6) is 0 Å². The van der Waals surface area contributed by atoms with Crippen LogP contribution in [0.15, 0.2) is 140 Å². The maximum absolute atomic E-state index is 5.52. The summed E-state index contributed by atoms with van der Waals surface area (Å²) in [6.45, 7) is 9.34. The van der Waals surface area contributed by atoms with E-state index in [9.17, 15) is 0 Å². The third-order valence-corrected chi connectivity index (χ3v) is 11.2. The molecule has 0 unspecified atom stereocenters. The molecule has 2 aliphatic carbocycles. The fraction of sp³-hybridized carbons (Fsp3) is 0.130. The summed E-state index contributed by atoms with van der Waals surface area (Å²) in [6.07, 6.45) is 0. The minimum Gasteiger partial charge on any atom is -0.308 e. The topological polar surface area (TPSA) is 30.7 Å². The lowest BCUT2D eigenvalue weighted by atomic mass is 9.81. The van der Waals surface area contributed by atoms with Gasteiger partial charge in [-0.1, -0.05) is 149 Å². The van der Waals surface area contributed by atoms with E-state index in [4.69, 9.17) is 9.97 Å². The van der Waals surface area contributed by atoms with Crippen LogP contribution < -0.4 is 0 Å². The minimum atomic E-state index is -0.272. The molecule has 8 aromatic rings. The molecule has 3 nitrogen and oxygen atoms in total. The molecule has 2 aromatic heterocycles. The molecule has 49 heavy (non-hydrogen) atoms. The number of para-hydroxylation sites is 2. The Balaban J connectivity index is 1.31. The Labute approximate surface area is 286 Å². The molecule has 0 N–H and O–H groups in total. The van der Waals surface area contributed by atoms with E-state index in [1.807, 2.05) is 0 Å². The smallest absolute Gasteiger partial charge is 0.162 e. The number of hydrogen-bond acceptors (Lipinski definition) is 2. The van der Waals surface area contributed by atoms with Crippen LogP contribution >= 0.6 is 0 Å².